The first kappa shape index (κ1) is 17.0. The van der Waals surface area contributed by atoms with Crippen LogP contribution in [0.5, 0.6) is 0 Å². The normalized spacial score (nSPS) is 15.0. The van der Waals surface area contributed by atoms with Crippen LogP contribution in [0, 0.1) is 5.82 Å². The van der Waals surface area contributed by atoms with Gasteiger partial charge in [-0.25, -0.2) is 17.6 Å². The summed E-state index contributed by atoms with van der Waals surface area (Å²) in [6.07, 6.45) is -1.53. The lowest BCUT2D eigenvalue weighted by atomic mass is 9.94. The molecule has 0 amide bonds. The fourth-order valence-electron chi connectivity index (χ4n) is 2.81. The molecule has 5 heteroatoms. The first-order valence-electron chi connectivity index (χ1n) is 7.66. The van der Waals surface area contributed by atoms with Crippen LogP contribution in [0.4, 0.5) is 17.6 Å². The Balaban J connectivity index is 2.30. The monoisotopic (exact) mass is 345 g/mol. The van der Waals surface area contributed by atoms with Crippen molar-refractivity contribution >= 4 is 11.3 Å². The third-order valence-corrected chi connectivity index (χ3v) is 3.93. The van der Waals surface area contributed by atoms with Crippen molar-refractivity contribution in [2.75, 3.05) is 6.54 Å². The van der Waals surface area contributed by atoms with Crippen LogP contribution in [0.3, 0.4) is 0 Å². The molecule has 0 N–H and O–H groups in total. The Morgan fingerprint density at radius 3 is 2.20 bits per heavy atom. The SMILES string of the molecule is C=C1C(F)=CC(c2ccccc2)=C(c2ccccc2F)N1CC(F)F. The number of hydrogen-bond acceptors (Lipinski definition) is 1. The van der Waals surface area contributed by atoms with Gasteiger partial charge in [0, 0.05) is 11.1 Å². The average Bonchev–Trinajstić information content (AvgIpc) is 2.60. The Labute approximate surface area is 143 Å². The zero-order valence-corrected chi connectivity index (χ0v) is 13.2. The molecule has 0 spiro atoms. The van der Waals surface area contributed by atoms with E-state index in [1.165, 1.54) is 24.3 Å². The molecule has 0 atom stereocenters. The van der Waals surface area contributed by atoms with Crippen LogP contribution in [-0.4, -0.2) is 17.9 Å². The number of benzene rings is 2. The molecule has 2 aromatic rings. The summed E-state index contributed by atoms with van der Waals surface area (Å²) < 4.78 is 55.0. The van der Waals surface area contributed by atoms with E-state index >= 15 is 0 Å². The number of rotatable bonds is 4. The molecule has 0 aromatic heterocycles. The molecule has 1 aliphatic heterocycles. The average molecular weight is 345 g/mol. The fraction of sp³-hybridized carbons (Fsp3) is 0.100. The summed E-state index contributed by atoms with van der Waals surface area (Å²) >= 11 is 0. The Morgan fingerprint density at radius 2 is 1.56 bits per heavy atom. The molecular weight excluding hydrogens is 330 g/mol. The first-order valence-corrected chi connectivity index (χ1v) is 7.66. The third kappa shape index (κ3) is 3.36. The molecule has 25 heavy (non-hydrogen) atoms. The second kappa shape index (κ2) is 6.97. The Bertz CT molecular complexity index is 853. The molecule has 128 valence electrons. The number of hydrogen-bond donors (Lipinski definition) is 0. The van der Waals surface area contributed by atoms with Crippen molar-refractivity contribution in [3.05, 3.63) is 95.7 Å². The van der Waals surface area contributed by atoms with Gasteiger partial charge in [-0.05, 0) is 23.8 Å². The van der Waals surface area contributed by atoms with Crippen LogP contribution in [0.15, 0.2) is 78.8 Å². The largest absolute Gasteiger partial charge is 0.333 e. The van der Waals surface area contributed by atoms with Gasteiger partial charge in [-0.1, -0.05) is 49.0 Å². The molecule has 0 unspecified atom stereocenters. The lowest BCUT2D eigenvalue weighted by molar-refractivity contribution is 0.122. The second-order valence-corrected chi connectivity index (χ2v) is 5.55. The van der Waals surface area contributed by atoms with Crippen molar-refractivity contribution in [1.82, 2.24) is 4.90 Å². The highest BCUT2D eigenvalue weighted by Gasteiger charge is 2.29. The summed E-state index contributed by atoms with van der Waals surface area (Å²) in [7, 11) is 0. The van der Waals surface area contributed by atoms with Crippen LogP contribution >= 0.6 is 0 Å². The minimum Gasteiger partial charge on any atom is -0.333 e. The molecule has 1 nitrogen and oxygen atoms in total. The van der Waals surface area contributed by atoms with Crippen LogP contribution in [-0.2, 0) is 0 Å². The summed E-state index contributed by atoms with van der Waals surface area (Å²) in [6.45, 7) is 2.78. The number of allylic oxidation sites excluding steroid dienone is 3. The van der Waals surface area contributed by atoms with E-state index in [2.05, 4.69) is 6.58 Å². The van der Waals surface area contributed by atoms with Gasteiger partial charge in [-0.3, -0.25) is 0 Å². The quantitative estimate of drug-likeness (QED) is 0.648. The van der Waals surface area contributed by atoms with Gasteiger partial charge in [-0.15, -0.1) is 0 Å². The summed E-state index contributed by atoms with van der Waals surface area (Å²) in [5.74, 6) is -1.30. The van der Waals surface area contributed by atoms with Gasteiger partial charge >= 0.3 is 0 Å². The minimum atomic E-state index is -2.73. The van der Waals surface area contributed by atoms with Crippen LogP contribution in [0.1, 0.15) is 11.1 Å². The van der Waals surface area contributed by atoms with Gasteiger partial charge in [0.2, 0.25) is 0 Å². The summed E-state index contributed by atoms with van der Waals surface area (Å²) in [5.41, 5.74) is 1.01. The highest BCUT2D eigenvalue weighted by atomic mass is 19.3. The molecule has 0 radical (unpaired) electrons. The standard InChI is InChI=1S/C20H15F4N/c1-13-18(22)11-16(14-7-3-2-4-8-14)20(25(13)12-19(23)24)15-9-5-6-10-17(15)21/h2-11,19H,1,12H2. The smallest absolute Gasteiger partial charge is 0.256 e. The predicted octanol–water partition coefficient (Wildman–Crippen LogP) is 5.64. The molecule has 3 rings (SSSR count). The van der Waals surface area contributed by atoms with Gasteiger partial charge in [0.05, 0.1) is 17.9 Å². The molecule has 0 aliphatic carbocycles. The number of nitrogens with zero attached hydrogens (tertiary/aromatic N) is 1. The topological polar surface area (TPSA) is 3.24 Å². The van der Waals surface area contributed by atoms with Gasteiger partial charge in [0.1, 0.15) is 11.6 Å². The van der Waals surface area contributed by atoms with Crippen molar-refractivity contribution in [3.63, 3.8) is 0 Å². The molecule has 1 aliphatic rings. The molecule has 0 fully saturated rings. The highest BCUT2D eigenvalue weighted by molar-refractivity contribution is 5.97. The van der Waals surface area contributed by atoms with E-state index in [1.54, 1.807) is 36.4 Å². The highest BCUT2D eigenvalue weighted by Crippen LogP contribution is 2.40. The van der Waals surface area contributed by atoms with E-state index in [-0.39, 0.29) is 17.0 Å². The maximum Gasteiger partial charge on any atom is 0.256 e. The third-order valence-electron chi connectivity index (χ3n) is 3.93. The summed E-state index contributed by atoms with van der Waals surface area (Å²) in [6, 6.07) is 14.5. The zero-order chi connectivity index (χ0) is 18.0. The molecule has 2 aromatic carbocycles. The van der Waals surface area contributed by atoms with Crippen LogP contribution < -0.4 is 0 Å². The van der Waals surface area contributed by atoms with E-state index in [1.807, 2.05) is 0 Å². The van der Waals surface area contributed by atoms with Crippen molar-refractivity contribution in [2.24, 2.45) is 0 Å². The van der Waals surface area contributed by atoms with Gasteiger partial charge in [0.15, 0.2) is 0 Å². The second-order valence-electron chi connectivity index (χ2n) is 5.55. The minimum absolute atomic E-state index is 0.118. The number of halogens is 4. The van der Waals surface area contributed by atoms with Gasteiger partial charge in [0.25, 0.3) is 6.43 Å². The van der Waals surface area contributed by atoms with Gasteiger partial charge in [-0.2, -0.15) is 0 Å². The summed E-state index contributed by atoms with van der Waals surface area (Å²) in [5, 5.41) is 0. The summed E-state index contributed by atoms with van der Waals surface area (Å²) in [4.78, 5) is 1.04. The number of alkyl halides is 2. The molecular formula is C20H15F4N. The molecule has 0 saturated heterocycles. The van der Waals surface area contributed by atoms with E-state index in [0.717, 1.165) is 4.90 Å². The maximum absolute atomic E-state index is 14.4. The van der Waals surface area contributed by atoms with Crippen molar-refractivity contribution < 1.29 is 17.6 Å². The van der Waals surface area contributed by atoms with Crippen molar-refractivity contribution in [1.29, 1.82) is 0 Å². The van der Waals surface area contributed by atoms with Crippen molar-refractivity contribution in [3.8, 4) is 0 Å². The Hall–Kier alpha value is -2.82. The Morgan fingerprint density at radius 1 is 0.920 bits per heavy atom. The van der Waals surface area contributed by atoms with E-state index in [4.69, 9.17) is 0 Å². The van der Waals surface area contributed by atoms with Crippen LogP contribution in [0.25, 0.3) is 11.3 Å². The van der Waals surface area contributed by atoms with Gasteiger partial charge < -0.3 is 4.90 Å². The van der Waals surface area contributed by atoms with Crippen LogP contribution in [0.2, 0.25) is 0 Å². The van der Waals surface area contributed by atoms with E-state index in [0.29, 0.717) is 11.1 Å². The lowest BCUT2D eigenvalue weighted by Crippen LogP contribution is -2.30. The van der Waals surface area contributed by atoms with E-state index < -0.39 is 24.6 Å². The molecule has 1 heterocycles. The maximum atomic E-state index is 14.4. The van der Waals surface area contributed by atoms with Crippen molar-refractivity contribution in [2.45, 2.75) is 6.43 Å². The zero-order valence-electron chi connectivity index (χ0n) is 13.2. The Kier molecular flexibility index (Phi) is 4.74. The van der Waals surface area contributed by atoms with E-state index in [9.17, 15) is 17.6 Å². The first-order chi connectivity index (χ1) is 12.0. The molecule has 0 saturated carbocycles. The lowest BCUT2D eigenvalue weighted by Gasteiger charge is -2.33. The predicted molar refractivity (Wildman–Crippen MR) is 90.7 cm³/mol. The molecule has 0 bridgehead atoms. The fourth-order valence-corrected chi connectivity index (χ4v) is 2.81.